The number of hydrogen-bond donors (Lipinski definition) is 0. The summed E-state index contributed by atoms with van der Waals surface area (Å²) in [5, 5.41) is 3.64. The highest BCUT2D eigenvalue weighted by Crippen LogP contribution is 2.30. The van der Waals surface area contributed by atoms with E-state index >= 15 is 0 Å². The second-order valence-corrected chi connectivity index (χ2v) is 2.27. The van der Waals surface area contributed by atoms with E-state index in [1.54, 1.807) is 0 Å². The zero-order valence-electron chi connectivity index (χ0n) is 6.39. The van der Waals surface area contributed by atoms with Crippen LogP contribution < -0.4 is 5.32 Å². The molecule has 0 amide bonds. The summed E-state index contributed by atoms with van der Waals surface area (Å²) in [4.78, 5) is 0. The molecule has 0 aromatic heterocycles. The minimum atomic E-state index is -4.28. The van der Waals surface area contributed by atoms with Crippen LogP contribution in [0.1, 0.15) is 5.56 Å². The second kappa shape index (κ2) is 3.05. The molecule has 4 heteroatoms. The summed E-state index contributed by atoms with van der Waals surface area (Å²) in [5.41, 5.74) is -0.324. The number of halogens is 3. The van der Waals surface area contributed by atoms with Crippen molar-refractivity contribution in [2.75, 3.05) is 7.05 Å². The number of nitrogens with zero attached hydrogens (tertiary/aromatic N) is 1. The lowest BCUT2D eigenvalue weighted by atomic mass is 10.2. The Morgan fingerprint density at radius 1 is 1.25 bits per heavy atom. The predicted molar refractivity (Wildman–Crippen MR) is 39.2 cm³/mol. The molecule has 0 spiro atoms. The highest BCUT2D eigenvalue weighted by molar-refractivity contribution is 5.39. The Morgan fingerprint density at radius 2 is 1.92 bits per heavy atom. The quantitative estimate of drug-likeness (QED) is 0.621. The van der Waals surface area contributed by atoms with Crippen LogP contribution in [0.5, 0.6) is 0 Å². The van der Waals surface area contributed by atoms with Crippen molar-refractivity contribution in [3.8, 4) is 0 Å². The van der Waals surface area contributed by atoms with E-state index in [0.717, 1.165) is 12.1 Å². The molecule has 0 saturated heterocycles. The topological polar surface area (TPSA) is 14.1 Å². The van der Waals surface area contributed by atoms with Gasteiger partial charge in [-0.25, -0.2) is 0 Å². The molecule has 0 unspecified atom stereocenters. The molecule has 0 saturated carbocycles. The maximum atomic E-state index is 12.1. The summed E-state index contributed by atoms with van der Waals surface area (Å²) in [6.07, 6.45) is -4.28. The molecule has 65 valence electrons. The van der Waals surface area contributed by atoms with Gasteiger partial charge < -0.3 is 0 Å². The van der Waals surface area contributed by atoms with Crippen LogP contribution >= 0.6 is 0 Å². The summed E-state index contributed by atoms with van der Waals surface area (Å²) in [6, 6.07) is 4.90. The molecule has 0 atom stereocenters. The molecular weight excluding hydrogens is 167 g/mol. The minimum Gasteiger partial charge on any atom is -0.289 e. The monoisotopic (exact) mass is 174 g/mol. The fraction of sp³-hybridized carbons (Fsp3) is 0.250. The minimum absolute atomic E-state index is 0.338. The molecule has 1 nitrogen and oxygen atoms in total. The molecule has 12 heavy (non-hydrogen) atoms. The van der Waals surface area contributed by atoms with Crippen molar-refractivity contribution in [3.05, 3.63) is 29.8 Å². The van der Waals surface area contributed by atoms with Gasteiger partial charge in [-0.1, -0.05) is 6.07 Å². The molecule has 0 bridgehead atoms. The molecule has 0 heterocycles. The van der Waals surface area contributed by atoms with Gasteiger partial charge in [0.15, 0.2) is 0 Å². The van der Waals surface area contributed by atoms with Gasteiger partial charge in [0, 0.05) is 7.05 Å². The highest BCUT2D eigenvalue weighted by atomic mass is 19.4. The summed E-state index contributed by atoms with van der Waals surface area (Å²) in [7, 11) is 1.45. The summed E-state index contributed by atoms with van der Waals surface area (Å²) in [5.74, 6) is 0. The third kappa shape index (κ3) is 1.90. The normalized spacial score (nSPS) is 11.3. The Labute approximate surface area is 68.2 Å². The maximum absolute atomic E-state index is 12.1. The average molecular weight is 174 g/mol. The second-order valence-electron chi connectivity index (χ2n) is 2.27. The first-order valence-corrected chi connectivity index (χ1v) is 3.31. The summed E-state index contributed by atoms with van der Waals surface area (Å²) in [6.45, 7) is 0. The Bertz CT molecular complexity index is 267. The molecule has 0 aliphatic heterocycles. The largest absolute Gasteiger partial charge is 0.416 e. The summed E-state index contributed by atoms with van der Waals surface area (Å²) >= 11 is 0. The Kier molecular flexibility index (Phi) is 2.26. The first kappa shape index (κ1) is 8.90. The van der Waals surface area contributed by atoms with Crippen molar-refractivity contribution in [1.29, 1.82) is 0 Å². The van der Waals surface area contributed by atoms with Crippen molar-refractivity contribution in [2.24, 2.45) is 0 Å². The van der Waals surface area contributed by atoms with Gasteiger partial charge in [0.2, 0.25) is 0 Å². The molecule has 0 aliphatic rings. The zero-order chi connectivity index (χ0) is 9.19. The molecule has 1 aromatic rings. The molecule has 1 aromatic carbocycles. The lowest BCUT2D eigenvalue weighted by Gasteiger charge is -2.06. The van der Waals surface area contributed by atoms with Crippen molar-refractivity contribution < 1.29 is 13.2 Å². The lowest BCUT2D eigenvalue weighted by Crippen LogP contribution is -2.04. The van der Waals surface area contributed by atoms with Crippen LogP contribution in [-0.2, 0) is 6.18 Å². The number of rotatable bonds is 1. The van der Waals surface area contributed by atoms with Crippen molar-refractivity contribution in [2.45, 2.75) is 6.18 Å². The van der Waals surface area contributed by atoms with Gasteiger partial charge in [-0.15, -0.1) is 0 Å². The van der Waals surface area contributed by atoms with E-state index in [2.05, 4.69) is 5.32 Å². The van der Waals surface area contributed by atoms with Gasteiger partial charge >= 0.3 is 6.18 Å². The van der Waals surface area contributed by atoms with Crippen LogP contribution in [0.3, 0.4) is 0 Å². The molecule has 1 radical (unpaired) electrons. The Hall–Kier alpha value is -1.19. The standard InChI is InChI=1S/C8H7F3N/c1-12-7-4-2-3-6(5-7)8(9,10)11/h2-5H,1H3. The first-order valence-electron chi connectivity index (χ1n) is 3.31. The molecular formula is C8H7F3N. The van der Waals surface area contributed by atoms with E-state index < -0.39 is 11.7 Å². The Balaban J connectivity index is 3.02. The summed E-state index contributed by atoms with van der Waals surface area (Å²) < 4.78 is 36.2. The highest BCUT2D eigenvalue weighted by Gasteiger charge is 2.30. The SMILES string of the molecule is C[N]c1cccc(C(F)(F)F)c1. The fourth-order valence-electron chi connectivity index (χ4n) is 0.821. The van der Waals surface area contributed by atoms with Gasteiger partial charge in [0.25, 0.3) is 0 Å². The smallest absolute Gasteiger partial charge is 0.289 e. The van der Waals surface area contributed by atoms with E-state index in [-0.39, 0.29) is 0 Å². The van der Waals surface area contributed by atoms with Gasteiger partial charge in [0.05, 0.1) is 11.3 Å². The predicted octanol–water partition coefficient (Wildman–Crippen LogP) is 2.57. The van der Waals surface area contributed by atoms with Crippen LogP contribution in [0.4, 0.5) is 18.9 Å². The third-order valence-corrected chi connectivity index (χ3v) is 1.43. The van der Waals surface area contributed by atoms with Crippen molar-refractivity contribution in [1.82, 2.24) is 5.32 Å². The van der Waals surface area contributed by atoms with Gasteiger partial charge in [-0.05, 0) is 18.2 Å². The van der Waals surface area contributed by atoms with Crippen LogP contribution in [0, 0.1) is 0 Å². The molecule has 1 rings (SSSR count). The van der Waals surface area contributed by atoms with E-state index in [4.69, 9.17) is 0 Å². The number of hydrogen-bond acceptors (Lipinski definition) is 0. The van der Waals surface area contributed by atoms with E-state index in [1.165, 1.54) is 19.2 Å². The number of benzene rings is 1. The third-order valence-electron chi connectivity index (χ3n) is 1.43. The van der Waals surface area contributed by atoms with Gasteiger partial charge in [-0.3, -0.25) is 5.32 Å². The van der Waals surface area contributed by atoms with Crippen LogP contribution in [0.15, 0.2) is 24.3 Å². The van der Waals surface area contributed by atoms with Gasteiger partial charge in [-0.2, -0.15) is 13.2 Å². The molecule has 0 N–H and O–H groups in total. The molecule has 0 aliphatic carbocycles. The van der Waals surface area contributed by atoms with Crippen LogP contribution in [-0.4, -0.2) is 7.05 Å². The van der Waals surface area contributed by atoms with Crippen LogP contribution in [0.25, 0.3) is 0 Å². The first-order chi connectivity index (χ1) is 5.54. The molecule has 0 fully saturated rings. The average Bonchev–Trinajstić information content (AvgIpc) is 2.03. The van der Waals surface area contributed by atoms with E-state index in [9.17, 15) is 13.2 Å². The fourth-order valence-corrected chi connectivity index (χ4v) is 0.821. The maximum Gasteiger partial charge on any atom is 0.416 e. The van der Waals surface area contributed by atoms with Crippen LogP contribution in [0.2, 0.25) is 0 Å². The van der Waals surface area contributed by atoms with E-state index in [1.807, 2.05) is 0 Å². The van der Waals surface area contributed by atoms with Gasteiger partial charge in [0.1, 0.15) is 0 Å². The zero-order valence-corrected chi connectivity index (χ0v) is 6.39. The lowest BCUT2D eigenvalue weighted by molar-refractivity contribution is -0.137. The van der Waals surface area contributed by atoms with E-state index in [0.29, 0.717) is 5.69 Å². The van der Waals surface area contributed by atoms with Crippen molar-refractivity contribution in [3.63, 3.8) is 0 Å². The Morgan fingerprint density at radius 3 is 2.42 bits per heavy atom. The van der Waals surface area contributed by atoms with Crippen molar-refractivity contribution >= 4 is 5.69 Å². The number of alkyl halides is 3.